The normalized spacial score (nSPS) is 13.2. The Balaban J connectivity index is 1.77. The first-order valence-corrected chi connectivity index (χ1v) is 9.35. The third kappa shape index (κ3) is 3.65. The Kier molecular flexibility index (Phi) is 5.10. The molecule has 0 spiro atoms. The largest absolute Gasteiger partial charge is 0.436 e. The monoisotopic (exact) mass is 484 g/mol. The van der Waals surface area contributed by atoms with E-state index in [-0.39, 0.29) is 38.4 Å². The molecule has 0 unspecified atom stereocenters. The maximum Gasteiger partial charge on any atom is 0.433 e. The molecule has 164 valence electrons. The van der Waals surface area contributed by atoms with E-state index in [2.05, 4.69) is 4.98 Å². The summed E-state index contributed by atoms with van der Waals surface area (Å²) in [5.74, 6) is -2.49. The van der Waals surface area contributed by atoms with Crippen molar-refractivity contribution in [2.75, 3.05) is 5.73 Å². The molecule has 1 aliphatic rings. The van der Waals surface area contributed by atoms with Gasteiger partial charge < -0.3 is 10.5 Å². The van der Waals surface area contributed by atoms with Gasteiger partial charge in [-0.2, -0.15) is 13.2 Å². The maximum atomic E-state index is 12.9. The summed E-state index contributed by atoms with van der Waals surface area (Å²) in [5.41, 5.74) is 3.71. The molecule has 0 saturated heterocycles. The van der Waals surface area contributed by atoms with Crippen LogP contribution in [0.1, 0.15) is 26.4 Å². The van der Waals surface area contributed by atoms with Crippen molar-refractivity contribution in [3.63, 3.8) is 0 Å². The minimum Gasteiger partial charge on any atom is -0.436 e. The molecular formula is C19H9Cl2F3N4O4. The van der Waals surface area contributed by atoms with Crippen molar-refractivity contribution in [2.45, 2.75) is 6.18 Å². The summed E-state index contributed by atoms with van der Waals surface area (Å²) in [4.78, 5) is 39.7. The van der Waals surface area contributed by atoms with Crippen LogP contribution in [0.25, 0.3) is 5.69 Å². The number of carbonyl (C=O) groups excluding carboxylic acids is 2. The fraction of sp³-hybridized carbons (Fsp3) is 0.0526. The number of nitrogens with two attached hydrogens (primary N) is 1. The van der Waals surface area contributed by atoms with Crippen molar-refractivity contribution in [3.05, 3.63) is 73.6 Å². The van der Waals surface area contributed by atoms with Crippen LogP contribution in [-0.2, 0) is 6.18 Å². The van der Waals surface area contributed by atoms with Crippen molar-refractivity contribution in [1.82, 2.24) is 14.9 Å². The lowest BCUT2D eigenvalue weighted by Gasteiger charge is -2.15. The van der Waals surface area contributed by atoms with Crippen molar-refractivity contribution < 1.29 is 27.5 Å². The Labute approximate surface area is 186 Å². The van der Waals surface area contributed by atoms with E-state index in [1.54, 1.807) is 0 Å². The van der Waals surface area contributed by atoms with Gasteiger partial charge in [0.25, 0.3) is 17.4 Å². The zero-order valence-corrected chi connectivity index (χ0v) is 17.0. The van der Waals surface area contributed by atoms with Crippen molar-refractivity contribution in [2.24, 2.45) is 0 Å². The predicted molar refractivity (Wildman–Crippen MR) is 108 cm³/mol. The van der Waals surface area contributed by atoms with Crippen LogP contribution >= 0.6 is 23.2 Å². The van der Waals surface area contributed by atoms with Gasteiger partial charge in [-0.05, 0) is 18.2 Å². The molecule has 0 bridgehead atoms. The Morgan fingerprint density at radius 2 is 1.69 bits per heavy atom. The molecule has 3 heterocycles. The Bertz CT molecular complexity index is 1350. The quantitative estimate of drug-likeness (QED) is 0.546. The number of halogens is 5. The topological polar surface area (TPSA) is 116 Å². The number of amides is 2. The number of fused-ring (bicyclic) bond motifs is 1. The number of nitrogens with zero attached hydrogens (tertiary/aromatic N) is 2. The summed E-state index contributed by atoms with van der Waals surface area (Å²) in [6.07, 6.45) is -4.68. The van der Waals surface area contributed by atoms with Gasteiger partial charge in [0.1, 0.15) is 11.5 Å². The van der Waals surface area contributed by atoms with Crippen molar-refractivity contribution in [1.29, 1.82) is 0 Å². The molecule has 3 N–H and O–H groups in total. The van der Waals surface area contributed by atoms with Crippen LogP contribution in [0.5, 0.6) is 11.6 Å². The number of hydrogen-bond donors (Lipinski definition) is 2. The van der Waals surface area contributed by atoms with Gasteiger partial charge in [-0.3, -0.25) is 24.3 Å². The van der Waals surface area contributed by atoms with Gasteiger partial charge in [0.05, 0.1) is 26.9 Å². The number of nitrogens with one attached hydrogen (secondary N) is 1. The molecule has 0 fully saturated rings. The number of carbonyl (C=O) groups is 2. The number of ether oxygens (including phenoxy) is 1. The molecule has 1 aliphatic heterocycles. The second kappa shape index (κ2) is 7.53. The van der Waals surface area contributed by atoms with E-state index in [0.29, 0.717) is 0 Å². The SMILES string of the molecule is Nc1c2c(cc(=O)n1-c1cc(Cl)c(Oc3cccc(C(F)(F)F)n3)c(Cl)c1)C(=O)NC2=O. The smallest absolute Gasteiger partial charge is 0.433 e. The molecule has 8 nitrogen and oxygen atoms in total. The predicted octanol–water partition coefficient (Wildman–Crippen LogP) is 3.82. The van der Waals surface area contributed by atoms with Gasteiger partial charge >= 0.3 is 6.18 Å². The summed E-state index contributed by atoms with van der Waals surface area (Å²) < 4.78 is 44.8. The van der Waals surface area contributed by atoms with Crippen LogP contribution in [0.2, 0.25) is 10.0 Å². The number of hydrogen-bond acceptors (Lipinski definition) is 6. The van der Waals surface area contributed by atoms with Crippen LogP contribution in [0.4, 0.5) is 19.0 Å². The number of nitrogen functional groups attached to an aromatic ring is 1. The summed E-state index contributed by atoms with van der Waals surface area (Å²) in [6, 6.07) is 6.38. The molecular weight excluding hydrogens is 476 g/mol. The highest BCUT2D eigenvalue weighted by molar-refractivity contribution is 6.37. The average Bonchev–Trinajstić information content (AvgIpc) is 2.98. The van der Waals surface area contributed by atoms with Gasteiger partial charge in [0.2, 0.25) is 5.88 Å². The minimum absolute atomic E-state index is 0.0294. The summed E-state index contributed by atoms with van der Waals surface area (Å²) in [5, 5.41) is 1.67. The van der Waals surface area contributed by atoms with E-state index < -0.39 is 35.1 Å². The Hall–Kier alpha value is -3.57. The van der Waals surface area contributed by atoms with Crippen LogP contribution in [0.3, 0.4) is 0 Å². The van der Waals surface area contributed by atoms with E-state index in [0.717, 1.165) is 22.8 Å². The molecule has 1 aromatic carbocycles. The molecule has 0 aliphatic carbocycles. The first-order chi connectivity index (χ1) is 15.0. The van der Waals surface area contributed by atoms with Crippen molar-refractivity contribution in [3.8, 4) is 17.3 Å². The van der Waals surface area contributed by atoms with Crippen LogP contribution in [0, 0.1) is 0 Å². The van der Waals surface area contributed by atoms with Gasteiger partial charge in [-0.25, -0.2) is 4.98 Å². The number of imide groups is 1. The second-order valence-electron chi connectivity index (χ2n) is 6.47. The molecule has 0 saturated carbocycles. The van der Waals surface area contributed by atoms with E-state index in [4.69, 9.17) is 33.7 Å². The summed E-state index contributed by atoms with van der Waals surface area (Å²) >= 11 is 12.4. The fourth-order valence-corrected chi connectivity index (χ4v) is 3.61. The molecule has 3 aromatic rings. The van der Waals surface area contributed by atoms with Gasteiger partial charge in [-0.1, -0.05) is 29.3 Å². The van der Waals surface area contributed by atoms with Crippen LogP contribution < -0.4 is 21.3 Å². The first kappa shape index (κ1) is 21.7. The summed E-state index contributed by atoms with van der Waals surface area (Å²) in [7, 11) is 0. The molecule has 2 aromatic heterocycles. The standard InChI is InChI=1S/C19H9Cl2F3N4O4/c20-9-4-7(28-13(29)6-8-14(16(28)25)18(31)27-17(8)30)5-10(21)15(9)32-12-3-1-2-11(26-12)19(22,23)24/h1-6H,25H2,(H,27,30,31). The molecule has 2 amide bonds. The number of rotatable bonds is 3. The van der Waals surface area contributed by atoms with Gasteiger partial charge in [0.15, 0.2) is 5.75 Å². The summed E-state index contributed by atoms with van der Waals surface area (Å²) in [6.45, 7) is 0. The maximum absolute atomic E-state index is 12.9. The number of alkyl halides is 3. The molecule has 13 heteroatoms. The third-order valence-corrected chi connectivity index (χ3v) is 4.98. The highest BCUT2D eigenvalue weighted by Crippen LogP contribution is 2.39. The van der Waals surface area contributed by atoms with E-state index in [1.807, 2.05) is 5.32 Å². The second-order valence-corrected chi connectivity index (χ2v) is 7.29. The van der Waals surface area contributed by atoms with E-state index >= 15 is 0 Å². The number of anilines is 1. The molecule has 0 radical (unpaired) electrons. The molecule has 32 heavy (non-hydrogen) atoms. The van der Waals surface area contributed by atoms with E-state index in [9.17, 15) is 27.6 Å². The lowest BCUT2D eigenvalue weighted by Crippen LogP contribution is -2.24. The average molecular weight is 485 g/mol. The molecule has 4 rings (SSSR count). The van der Waals surface area contributed by atoms with Crippen LogP contribution in [-0.4, -0.2) is 21.4 Å². The zero-order chi connectivity index (χ0) is 23.4. The Morgan fingerprint density at radius 1 is 1.03 bits per heavy atom. The lowest BCUT2D eigenvalue weighted by atomic mass is 10.1. The third-order valence-electron chi connectivity index (χ3n) is 4.42. The van der Waals surface area contributed by atoms with Crippen LogP contribution in [0.15, 0.2) is 41.2 Å². The first-order valence-electron chi connectivity index (χ1n) is 8.60. The zero-order valence-electron chi connectivity index (χ0n) is 15.5. The van der Waals surface area contributed by atoms with Crippen molar-refractivity contribution >= 4 is 40.8 Å². The highest BCUT2D eigenvalue weighted by atomic mass is 35.5. The van der Waals surface area contributed by atoms with E-state index in [1.165, 1.54) is 18.2 Å². The number of benzene rings is 1. The van der Waals surface area contributed by atoms with Gasteiger partial charge in [-0.15, -0.1) is 0 Å². The Morgan fingerprint density at radius 3 is 2.31 bits per heavy atom. The lowest BCUT2D eigenvalue weighted by molar-refractivity contribution is -0.141. The number of aromatic nitrogens is 2. The number of pyridine rings is 2. The fourth-order valence-electron chi connectivity index (χ4n) is 3.05. The minimum atomic E-state index is -4.68. The van der Waals surface area contributed by atoms with Gasteiger partial charge in [0, 0.05) is 12.1 Å². The highest BCUT2D eigenvalue weighted by Gasteiger charge is 2.33. The molecule has 0 atom stereocenters.